The molecule has 0 radical (unpaired) electrons. The van der Waals surface area contributed by atoms with Crippen LogP contribution in [0.2, 0.25) is 0 Å². The first-order valence-electron chi connectivity index (χ1n) is 6.89. The van der Waals surface area contributed by atoms with Crippen LogP contribution in [0.25, 0.3) is 10.8 Å². The quantitative estimate of drug-likeness (QED) is 0.694. The van der Waals surface area contributed by atoms with E-state index in [2.05, 4.69) is 4.74 Å². The van der Waals surface area contributed by atoms with E-state index in [4.69, 9.17) is 0 Å². The number of aliphatic hydroxyl groups excluding tert-OH is 1. The van der Waals surface area contributed by atoms with E-state index >= 15 is 0 Å². The summed E-state index contributed by atoms with van der Waals surface area (Å²) < 4.78 is 4.38. The molecule has 2 rings (SSSR count). The molecule has 0 saturated carbocycles. The van der Waals surface area contributed by atoms with E-state index in [0.717, 1.165) is 10.8 Å². The summed E-state index contributed by atoms with van der Waals surface area (Å²) in [6, 6.07) is 12.9. The molecule has 112 valence electrons. The number of benzene rings is 2. The van der Waals surface area contributed by atoms with Crippen molar-refractivity contribution in [2.45, 2.75) is 26.4 Å². The number of ether oxygens (including phenoxy) is 1. The maximum Gasteiger partial charge on any atom is 0.335 e. The molecule has 0 spiro atoms. The van der Waals surface area contributed by atoms with Gasteiger partial charge >= 0.3 is 5.97 Å². The molecule has 0 aliphatic carbocycles. The molecule has 4 heteroatoms. The Bertz CT molecular complexity index is 619. The molecule has 2 aromatic carbocycles. The number of Topliss-reactive ketones (excluding diaryl/α,β-unsaturated/α-hetero) is 1. The van der Waals surface area contributed by atoms with Crippen molar-refractivity contribution < 1.29 is 19.4 Å². The number of ketones is 1. The number of esters is 1. The molecule has 0 fully saturated rings. The number of carbonyl (C=O) groups is 2. The van der Waals surface area contributed by atoms with E-state index in [9.17, 15) is 14.7 Å². The van der Waals surface area contributed by atoms with Gasteiger partial charge in [-0.2, -0.15) is 0 Å². The van der Waals surface area contributed by atoms with Gasteiger partial charge in [0.15, 0.2) is 11.9 Å². The van der Waals surface area contributed by atoms with Crippen molar-refractivity contribution >= 4 is 22.5 Å². The number of hydrogen-bond acceptors (Lipinski definition) is 4. The molecule has 0 heterocycles. The van der Waals surface area contributed by atoms with Gasteiger partial charge in [0.2, 0.25) is 0 Å². The summed E-state index contributed by atoms with van der Waals surface area (Å²) in [5, 5.41) is 11.4. The second-order valence-corrected chi connectivity index (χ2v) is 4.23. The van der Waals surface area contributed by atoms with Gasteiger partial charge < -0.3 is 9.84 Å². The van der Waals surface area contributed by atoms with Crippen LogP contribution in [0, 0.1) is 0 Å². The van der Waals surface area contributed by atoms with Gasteiger partial charge in [0.05, 0.1) is 7.11 Å². The lowest BCUT2D eigenvalue weighted by Crippen LogP contribution is -2.24. The Morgan fingerprint density at radius 2 is 1.71 bits per heavy atom. The molecular formula is C17H20O4. The maximum absolute atomic E-state index is 12.0. The summed E-state index contributed by atoms with van der Waals surface area (Å²) in [7, 11) is 1.17. The van der Waals surface area contributed by atoms with E-state index in [0.29, 0.717) is 5.56 Å². The monoisotopic (exact) mass is 288 g/mol. The molecule has 1 atom stereocenters. The summed E-state index contributed by atoms with van der Waals surface area (Å²) in [6.07, 6.45) is -1.69. The van der Waals surface area contributed by atoms with Crippen LogP contribution >= 0.6 is 0 Å². The van der Waals surface area contributed by atoms with Gasteiger partial charge in [-0.1, -0.05) is 50.2 Å². The molecule has 0 aliphatic heterocycles. The van der Waals surface area contributed by atoms with Crippen LogP contribution in [0.3, 0.4) is 0 Å². The van der Waals surface area contributed by atoms with Gasteiger partial charge in [-0.15, -0.1) is 0 Å². The van der Waals surface area contributed by atoms with Crippen molar-refractivity contribution in [1.82, 2.24) is 0 Å². The molecule has 0 aromatic heterocycles. The minimum atomic E-state index is -1.41. The minimum Gasteiger partial charge on any atom is -0.467 e. The SMILES string of the molecule is CC.COC(=O)C(O)CC(=O)c1ccc2ccccc2c1. The number of rotatable bonds is 4. The number of methoxy groups -OCH3 is 1. The number of carbonyl (C=O) groups excluding carboxylic acids is 2. The highest BCUT2D eigenvalue weighted by Gasteiger charge is 2.20. The fourth-order valence-corrected chi connectivity index (χ4v) is 1.88. The van der Waals surface area contributed by atoms with E-state index in [1.165, 1.54) is 7.11 Å². The second kappa shape index (κ2) is 8.17. The summed E-state index contributed by atoms with van der Waals surface area (Å²) >= 11 is 0. The first-order chi connectivity index (χ1) is 10.1. The predicted octanol–water partition coefficient (Wildman–Crippen LogP) is 2.97. The van der Waals surface area contributed by atoms with Crippen LogP contribution in [0.4, 0.5) is 0 Å². The molecule has 21 heavy (non-hydrogen) atoms. The van der Waals surface area contributed by atoms with Gasteiger partial charge in [-0.25, -0.2) is 4.79 Å². The zero-order valence-corrected chi connectivity index (χ0v) is 12.5. The summed E-state index contributed by atoms with van der Waals surface area (Å²) in [5.41, 5.74) is 0.474. The molecular weight excluding hydrogens is 268 g/mol. The Morgan fingerprint density at radius 1 is 1.10 bits per heavy atom. The normalized spacial score (nSPS) is 11.2. The fourth-order valence-electron chi connectivity index (χ4n) is 1.88. The van der Waals surface area contributed by atoms with Crippen LogP contribution in [0.5, 0.6) is 0 Å². The van der Waals surface area contributed by atoms with Crippen molar-refractivity contribution in [1.29, 1.82) is 0 Å². The van der Waals surface area contributed by atoms with E-state index in [1.807, 2.05) is 44.2 Å². The van der Waals surface area contributed by atoms with Gasteiger partial charge in [0.25, 0.3) is 0 Å². The molecule has 4 nitrogen and oxygen atoms in total. The minimum absolute atomic E-state index is 0.273. The highest BCUT2D eigenvalue weighted by molar-refractivity contribution is 6.01. The van der Waals surface area contributed by atoms with Crippen molar-refractivity contribution in [3.63, 3.8) is 0 Å². The maximum atomic E-state index is 12.0. The zero-order valence-electron chi connectivity index (χ0n) is 12.5. The van der Waals surface area contributed by atoms with Gasteiger partial charge in [0.1, 0.15) is 0 Å². The van der Waals surface area contributed by atoms with Crippen LogP contribution in [-0.4, -0.2) is 30.1 Å². The third-order valence-electron chi connectivity index (χ3n) is 2.92. The van der Waals surface area contributed by atoms with Gasteiger partial charge in [-0.05, 0) is 16.8 Å². The standard InChI is InChI=1S/C15H14O4.C2H6/c1-19-15(18)14(17)9-13(16)12-7-6-10-4-2-3-5-11(10)8-12;1-2/h2-8,14,17H,9H2,1H3;1-2H3. The van der Waals surface area contributed by atoms with Crippen molar-refractivity contribution in [2.24, 2.45) is 0 Å². The molecule has 1 unspecified atom stereocenters. The Kier molecular flexibility index (Phi) is 6.56. The lowest BCUT2D eigenvalue weighted by atomic mass is 10.0. The zero-order chi connectivity index (χ0) is 15.8. The summed E-state index contributed by atoms with van der Waals surface area (Å²) in [4.78, 5) is 23.0. The first-order valence-corrected chi connectivity index (χ1v) is 6.89. The molecule has 0 amide bonds. The summed E-state index contributed by atoms with van der Waals surface area (Å²) in [6.45, 7) is 4.00. The van der Waals surface area contributed by atoms with E-state index in [-0.39, 0.29) is 12.2 Å². The van der Waals surface area contributed by atoms with Crippen molar-refractivity contribution in [3.8, 4) is 0 Å². The highest BCUT2D eigenvalue weighted by Crippen LogP contribution is 2.17. The topological polar surface area (TPSA) is 63.6 Å². The largest absolute Gasteiger partial charge is 0.467 e. The van der Waals surface area contributed by atoms with Crippen LogP contribution < -0.4 is 0 Å². The van der Waals surface area contributed by atoms with E-state index < -0.39 is 12.1 Å². The number of hydrogen-bond donors (Lipinski definition) is 1. The third kappa shape index (κ3) is 4.39. The van der Waals surface area contributed by atoms with Crippen molar-refractivity contribution in [3.05, 3.63) is 48.0 Å². The molecule has 0 saturated heterocycles. The summed E-state index contributed by atoms with van der Waals surface area (Å²) in [5.74, 6) is -1.09. The Balaban J connectivity index is 0.00000106. The highest BCUT2D eigenvalue weighted by atomic mass is 16.5. The van der Waals surface area contributed by atoms with Crippen LogP contribution in [0.15, 0.2) is 42.5 Å². The molecule has 1 N–H and O–H groups in total. The van der Waals surface area contributed by atoms with Gasteiger partial charge in [0, 0.05) is 12.0 Å². The van der Waals surface area contributed by atoms with Crippen LogP contribution in [-0.2, 0) is 9.53 Å². The fraction of sp³-hybridized carbons (Fsp3) is 0.294. The Hall–Kier alpha value is -2.20. The molecule has 0 aliphatic rings. The average Bonchev–Trinajstić information content (AvgIpc) is 2.55. The average molecular weight is 288 g/mol. The lowest BCUT2D eigenvalue weighted by Gasteiger charge is -2.08. The third-order valence-corrected chi connectivity index (χ3v) is 2.92. The predicted molar refractivity (Wildman–Crippen MR) is 82.3 cm³/mol. The van der Waals surface area contributed by atoms with Crippen molar-refractivity contribution in [2.75, 3.05) is 7.11 Å². The molecule has 0 bridgehead atoms. The van der Waals surface area contributed by atoms with E-state index in [1.54, 1.807) is 12.1 Å². The second-order valence-electron chi connectivity index (χ2n) is 4.23. The smallest absolute Gasteiger partial charge is 0.335 e. The molecule has 2 aromatic rings. The first kappa shape index (κ1) is 16.9. The van der Waals surface area contributed by atoms with Crippen LogP contribution in [0.1, 0.15) is 30.6 Å². The lowest BCUT2D eigenvalue weighted by molar-refractivity contribution is -0.150. The number of aliphatic hydroxyl groups is 1. The Morgan fingerprint density at radius 3 is 2.33 bits per heavy atom. The van der Waals surface area contributed by atoms with Gasteiger partial charge in [-0.3, -0.25) is 4.79 Å². The number of fused-ring (bicyclic) bond motifs is 1. The Labute approximate surface area is 124 Å².